The Kier molecular flexibility index (Phi) is 8.91. The minimum atomic E-state index is 0.338. The third kappa shape index (κ3) is 6.25. The molecule has 0 saturated carbocycles. The second kappa shape index (κ2) is 12.9. The Morgan fingerprint density at radius 3 is 2.65 bits per heavy atom. The summed E-state index contributed by atoms with van der Waals surface area (Å²) in [7, 11) is 1.62. The van der Waals surface area contributed by atoms with Crippen LogP contribution in [0.15, 0.2) is 70.2 Å². The van der Waals surface area contributed by atoms with Crippen LogP contribution in [0.2, 0.25) is 0 Å². The van der Waals surface area contributed by atoms with E-state index < -0.39 is 0 Å². The van der Waals surface area contributed by atoms with E-state index in [1.807, 2.05) is 24.3 Å². The van der Waals surface area contributed by atoms with Crippen LogP contribution in [0.1, 0.15) is 49.3 Å². The highest BCUT2D eigenvalue weighted by atomic mass is 79.9. The molecule has 0 atom stereocenters. The third-order valence-corrected chi connectivity index (χ3v) is 7.33. The second-order valence-electron chi connectivity index (χ2n) is 9.72. The highest BCUT2D eigenvalue weighted by Gasteiger charge is 2.15. The van der Waals surface area contributed by atoms with Gasteiger partial charge in [-0.2, -0.15) is 10.1 Å². The number of hydrogen-bond donors (Lipinski definition) is 1. The van der Waals surface area contributed by atoms with Gasteiger partial charge < -0.3 is 14.0 Å². The molecule has 3 aromatic carbocycles. The Hall–Kier alpha value is -3.98. The van der Waals surface area contributed by atoms with Gasteiger partial charge in [0.05, 0.1) is 23.3 Å². The number of hydrogen-bond acceptors (Lipinski definition) is 7. The van der Waals surface area contributed by atoms with E-state index in [0.29, 0.717) is 24.1 Å². The third-order valence-electron chi connectivity index (χ3n) is 6.74. The molecule has 0 radical (unpaired) electrons. The number of nitrogens with one attached hydrogen (secondary N) is 1. The number of aryl methyl sites for hydroxylation is 2. The Bertz CT molecular complexity index is 1630. The lowest BCUT2D eigenvalue weighted by atomic mass is 10.2. The molecule has 1 N–H and O–H groups in total. The van der Waals surface area contributed by atoms with Gasteiger partial charge in [-0.05, 0) is 58.6 Å². The molecule has 206 valence electrons. The van der Waals surface area contributed by atoms with Crippen molar-refractivity contribution in [1.82, 2.24) is 19.7 Å². The predicted octanol–water partition coefficient (Wildman–Crippen LogP) is 7.66. The molecule has 0 aliphatic heterocycles. The first kappa shape index (κ1) is 27.6. The van der Waals surface area contributed by atoms with E-state index in [4.69, 9.17) is 14.5 Å². The largest absolute Gasteiger partial charge is 0.493 e. The van der Waals surface area contributed by atoms with E-state index >= 15 is 0 Å². The van der Waals surface area contributed by atoms with E-state index in [0.717, 1.165) is 50.6 Å². The quantitative estimate of drug-likeness (QED) is 0.0898. The fraction of sp³-hybridized carbons (Fsp3) is 0.290. The molecule has 8 nitrogen and oxygen atoms in total. The number of unbranched alkanes of at least 4 members (excludes halogenated alkanes) is 3. The lowest BCUT2D eigenvalue weighted by Gasteiger charge is -2.13. The van der Waals surface area contributed by atoms with Crippen LogP contribution in [0.25, 0.3) is 22.1 Å². The van der Waals surface area contributed by atoms with Crippen molar-refractivity contribution >= 4 is 50.2 Å². The van der Waals surface area contributed by atoms with Crippen LogP contribution in [0.5, 0.6) is 11.5 Å². The van der Waals surface area contributed by atoms with Crippen molar-refractivity contribution in [2.45, 2.75) is 52.7 Å². The molecule has 0 spiro atoms. The van der Waals surface area contributed by atoms with Crippen molar-refractivity contribution in [3.63, 3.8) is 0 Å². The number of hydrazone groups is 1. The summed E-state index contributed by atoms with van der Waals surface area (Å²) in [6, 6.07) is 20.3. The van der Waals surface area contributed by atoms with Crippen molar-refractivity contribution < 1.29 is 9.47 Å². The highest BCUT2D eigenvalue weighted by Crippen LogP contribution is 2.37. The molecule has 0 aliphatic carbocycles. The van der Waals surface area contributed by atoms with Gasteiger partial charge >= 0.3 is 0 Å². The van der Waals surface area contributed by atoms with Gasteiger partial charge in [0.1, 0.15) is 12.1 Å². The maximum atomic E-state index is 6.07. The zero-order valence-corrected chi connectivity index (χ0v) is 24.6. The van der Waals surface area contributed by atoms with Crippen LogP contribution >= 0.6 is 15.9 Å². The number of aromatic nitrogens is 4. The Morgan fingerprint density at radius 1 is 1.02 bits per heavy atom. The molecule has 0 aliphatic rings. The zero-order valence-electron chi connectivity index (χ0n) is 23.0. The molecule has 40 heavy (non-hydrogen) atoms. The standard InChI is InChI=1S/C31H33BrN6O2/c1-4-5-6-9-16-38-26-11-8-7-10-24(26)28-30(38)34-31(37-35-28)36-33-19-23-17-25(32)29(27(18-23)39-3)40-20-22-14-12-21(2)13-15-22/h7-8,10-15,17-19H,4-6,9,16,20H2,1-3H3,(H,34,36,37)/b33-19+. The fourth-order valence-electron chi connectivity index (χ4n) is 4.63. The smallest absolute Gasteiger partial charge is 0.265 e. The Morgan fingerprint density at radius 2 is 1.85 bits per heavy atom. The normalized spacial score (nSPS) is 11.5. The van der Waals surface area contributed by atoms with Crippen LogP contribution in [-0.2, 0) is 13.2 Å². The van der Waals surface area contributed by atoms with E-state index in [9.17, 15) is 0 Å². The van der Waals surface area contributed by atoms with Gasteiger partial charge in [0.25, 0.3) is 5.95 Å². The average molecular weight is 602 g/mol. The van der Waals surface area contributed by atoms with Crippen molar-refractivity contribution in [3.05, 3.63) is 81.8 Å². The summed E-state index contributed by atoms with van der Waals surface area (Å²) >= 11 is 3.62. The molecule has 5 aromatic rings. The van der Waals surface area contributed by atoms with Crippen molar-refractivity contribution in [2.24, 2.45) is 5.10 Å². The minimum absolute atomic E-state index is 0.338. The second-order valence-corrected chi connectivity index (χ2v) is 10.6. The topological polar surface area (TPSA) is 86.5 Å². The Labute approximate surface area is 242 Å². The molecule has 0 bridgehead atoms. The predicted molar refractivity (Wildman–Crippen MR) is 164 cm³/mol. The number of fused-ring (bicyclic) bond motifs is 3. The monoisotopic (exact) mass is 600 g/mol. The number of halogens is 1. The van der Waals surface area contributed by atoms with E-state index in [2.05, 4.69) is 91.5 Å². The molecule has 2 aromatic heterocycles. The van der Waals surface area contributed by atoms with Crippen LogP contribution in [0.4, 0.5) is 5.95 Å². The maximum absolute atomic E-state index is 6.07. The van der Waals surface area contributed by atoms with Gasteiger partial charge in [-0.15, -0.1) is 10.2 Å². The Balaban J connectivity index is 1.32. The van der Waals surface area contributed by atoms with Gasteiger partial charge in [-0.1, -0.05) is 74.2 Å². The summed E-state index contributed by atoms with van der Waals surface area (Å²) in [5.41, 5.74) is 8.79. The van der Waals surface area contributed by atoms with Gasteiger partial charge in [0.15, 0.2) is 17.1 Å². The molecule has 5 rings (SSSR count). The highest BCUT2D eigenvalue weighted by molar-refractivity contribution is 9.10. The zero-order chi connectivity index (χ0) is 27.9. The van der Waals surface area contributed by atoms with Crippen molar-refractivity contribution in [3.8, 4) is 11.5 Å². The van der Waals surface area contributed by atoms with Gasteiger partial charge in [0, 0.05) is 11.9 Å². The van der Waals surface area contributed by atoms with Crippen molar-refractivity contribution in [1.29, 1.82) is 0 Å². The summed E-state index contributed by atoms with van der Waals surface area (Å²) in [6.45, 7) is 5.61. The molecule has 0 fully saturated rings. The molecular formula is C31H33BrN6O2. The van der Waals surface area contributed by atoms with Gasteiger partial charge in [0.2, 0.25) is 0 Å². The number of methoxy groups -OCH3 is 1. The lowest BCUT2D eigenvalue weighted by Crippen LogP contribution is -2.03. The minimum Gasteiger partial charge on any atom is -0.493 e. The van der Waals surface area contributed by atoms with Gasteiger partial charge in [-0.25, -0.2) is 5.43 Å². The first-order valence-electron chi connectivity index (χ1n) is 13.5. The molecule has 0 amide bonds. The molecule has 0 unspecified atom stereocenters. The van der Waals surface area contributed by atoms with E-state index in [1.165, 1.54) is 24.8 Å². The van der Waals surface area contributed by atoms with Crippen molar-refractivity contribution in [2.75, 3.05) is 12.5 Å². The SMILES string of the molecule is CCCCCCn1c2ccccc2c2nnc(N/N=C/c3cc(Br)c(OCc4ccc(C)cc4)c(OC)c3)nc21. The number of benzene rings is 3. The number of para-hydroxylation sites is 1. The number of nitrogens with zero attached hydrogens (tertiary/aromatic N) is 5. The molecule has 2 heterocycles. The summed E-state index contributed by atoms with van der Waals surface area (Å²) < 4.78 is 14.7. The fourth-order valence-corrected chi connectivity index (χ4v) is 5.21. The number of anilines is 1. The summed E-state index contributed by atoms with van der Waals surface area (Å²) in [6.07, 6.45) is 6.40. The molecule has 9 heteroatoms. The summed E-state index contributed by atoms with van der Waals surface area (Å²) in [5, 5.41) is 14.2. The molecular weight excluding hydrogens is 568 g/mol. The van der Waals surface area contributed by atoms with Gasteiger partial charge in [-0.3, -0.25) is 0 Å². The average Bonchev–Trinajstić information content (AvgIpc) is 3.28. The van der Waals surface area contributed by atoms with Crippen LogP contribution in [0, 0.1) is 6.92 Å². The molecule has 0 saturated heterocycles. The lowest BCUT2D eigenvalue weighted by molar-refractivity contribution is 0.282. The first-order chi connectivity index (χ1) is 19.6. The first-order valence-corrected chi connectivity index (χ1v) is 14.3. The van der Waals surface area contributed by atoms with E-state index in [-0.39, 0.29) is 0 Å². The summed E-state index contributed by atoms with van der Waals surface area (Å²) in [5.74, 6) is 1.58. The number of rotatable bonds is 12. The van der Waals surface area contributed by atoms with E-state index in [1.54, 1.807) is 13.3 Å². The van der Waals surface area contributed by atoms with Crippen LogP contribution in [-0.4, -0.2) is 33.1 Å². The summed E-state index contributed by atoms with van der Waals surface area (Å²) in [4.78, 5) is 4.78. The number of ether oxygens (including phenoxy) is 2. The van der Waals surface area contributed by atoms with Crippen LogP contribution < -0.4 is 14.9 Å². The van der Waals surface area contributed by atoms with Crippen LogP contribution in [0.3, 0.4) is 0 Å². The maximum Gasteiger partial charge on any atom is 0.265 e.